The molecular weight excluding hydrogens is 299 g/mol. The third-order valence-corrected chi connectivity index (χ3v) is 4.77. The van der Waals surface area contributed by atoms with Crippen LogP contribution in [0.3, 0.4) is 0 Å². The lowest BCUT2D eigenvalue weighted by atomic mass is 10.1. The SMILES string of the molecule is COC1C[C@H](C)O[C@@H]1CO[PH](=O)OC1C[C@H](C)O[C@@H]1CO. The van der Waals surface area contributed by atoms with E-state index in [-0.39, 0.29) is 37.6 Å². The summed E-state index contributed by atoms with van der Waals surface area (Å²) in [7, 11) is -1.02. The molecule has 2 aliphatic heterocycles. The van der Waals surface area contributed by atoms with Gasteiger partial charge in [-0.2, -0.15) is 0 Å². The van der Waals surface area contributed by atoms with Crippen molar-refractivity contribution >= 4 is 8.25 Å². The molecule has 2 heterocycles. The van der Waals surface area contributed by atoms with E-state index < -0.39 is 20.5 Å². The Hall–Kier alpha value is -0.0100. The molecule has 3 unspecified atom stereocenters. The summed E-state index contributed by atoms with van der Waals surface area (Å²) in [5.41, 5.74) is 0. The van der Waals surface area contributed by atoms with Crippen LogP contribution in [0, 0.1) is 0 Å². The quantitative estimate of drug-likeness (QED) is 0.703. The van der Waals surface area contributed by atoms with Crippen molar-refractivity contribution in [2.45, 2.75) is 63.3 Å². The molecule has 1 N–H and O–H groups in total. The summed E-state index contributed by atoms with van der Waals surface area (Å²) in [6, 6.07) is 0. The number of ether oxygens (including phenoxy) is 3. The summed E-state index contributed by atoms with van der Waals surface area (Å²) in [5, 5.41) is 9.19. The van der Waals surface area contributed by atoms with E-state index in [0.717, 1.165) is 6.42 Å². The zero-order chi connectivity index (χ0) is 15.4. The van der Waals surface area contributed by atoms with E-state index in [1.807, 2.05) is 13.8 Å². The second-order valence-electron chi connectivity index (χ2n) is 5.62. The molecule has 0 aromatic rings. The Morgan fingerprint density at radius 1 is 1.14 bits per heavy atom. The van der Waals surface area contributed by atoms with E-state index in [9.17, 15) is 9.67 Å². The number of methoxy groups -OCH3 is 1. The predicted molar refractivity (Wildman–Crippen MR) is 75.6 cm³/mol. The van der Waals surface area contributed by atoms with Gasteiger partial charge in [-0.05, 0) is 13.8 Å². The van der Waals surface area contributed by atoms with Crippen LogP contribution in [0.15, 0.2) is 0 Å². The largest absolute Gasteiger partial charge is 0.394 e. The van der Waals surface area contributed by atoms with Crippen molar-refractivity contribution in [2.75, 3.05) is 20.3 Å². The van der Waals surface area contributed by atoms with Crippen LogP contribution < -0.4 is 0 Å². The highest BCUT2D eigenvalue weighted by Crippen LogP contribution is 2.35. The Morgan fingerprint density at radius 2 is 1.76 bits per heavy atom. The first-order valence-electron chi connectivity index (χ1n) is 7.31. The molecule has 8 heteroatoms. The van der Waals surface area contributed by atoms with E-state index in [2.05, 4.69) is 0 Å². The van der Waals surface area contributed by atoms with Crippen molar-refractivity contribution in [1.82, 2.24) is 0 Å². The summed E-state index contributed by atoms with van der Waals surface area (Å²) < 4.78 is 39.0. The van der Waals surface area contributed by atoms with E-state index in [4.69, 9.17) is 23.3 Å². The fourth-order valence-electron chi connectivity index (χ4n) is 2.83. The third kappa shape index (κ3) is 4.73. The van der Waals surface area contributed by atoms with Crippen LogP contribution in [-0.2, 0) is 27.8 Å². The number of aliphatic hydroxyl groups is 1. The summed E-state index contributed by atoms with van der Waals surface area (Å²) in [6.07, 6.45) is 0.388. The predicted octanol–water partition coefficient (Wildman–Crippen LogP) is 1.14. The molecule has 2 rings (SSSR count). The van der Waals surface area contributed by atoms with E-state index in [1.54, 1.807) is 7.11 Å². The van der Waals surface area contributed by atoms with Gasteiger partial charge in [0.2, 0.25) is 0 Å². The number of aliphatic hydroxyl groups excluding tert-OH is 1. The van der Waals surface area contributed by atoms with Gasteiger partial charge in [-0.15, -0.1) is 0 Å². The molecule has 2 saturated heterocycles. The van der Waals surface area contributed by atoms with Crippen LogP contribution in [-0.4, -0.2) is 62.1 Å². The average Bonchev–Trinajstić information content (AvgIpc) is 2.98. The standard InChI is InChI=1S/C13H25O7P/c1-8-4-10(16-3)13(19-8)7-17-21(15)20-11-5-9(2)18-12(11)6-14/h8-14,21H,4-7H2,1-3H3/t8-,9-,10?,11?,12+,13+/m0/s1. The Morgan fingerprint density at radius 3 is 2.38 bits per heavy atom. The monoisotopic (exact) mass is 324 g/mol. The number of hydrogen-bond acceptors (Lipinski definition) is 7. The normalized spacial score (nSPS) is 41.5. The second-order valence-corrected chi connectivity index (χ2v) is 6.64. The molecule has 7 atom stereocenters. The third-order valence-electron chi connectivity index (χ3n) is 3.87. The minimum absolute atomic E-state index is 0.0150. The highest BCUT2D eigenvalue weighted by atomic mass is 31.1. The molecule has 0 radical (unpaired) electrons. The molecule has 0 aromatic heterocycles. The van der Waals surface area contributed by atoms with Crippen molar-refractivity contribution in [3.63, 3.8) is 0 Å². The van der Waals surface area contributed by atoms with Crippen molar-refractivity contribution in [3.8, 4) is 0 Å². The Labute approximate surface area is 125 Å². The molecule has 7 nitrogen and oxygen atoms in total. The van der Waals surface area contributed by atoms with Crippen molar-refractivity contribution in [1.29, 1.82) is 0 Å². The molecule has 0 aromatic carbocycles. The molecule has 2 fully saturated rings. The molecule has 124 valence electrons. The van der Waals surface area contributed by atoms with Gasteiger partial charge in [0.15, 0.2) is 0 Å². The Kier molecular flexibility index (Phi) is 6.62. The van der Waals surface area contributed by atoms with E-state index in [1.165, 1.54) is 0 Å². The lowest BCUT2D eigenvalue weighted by molar-refractivity contribution is -0.0320. The molecule has 2 aliphatic rings. The van der Waals surface area contributed by atoms with Crippen molar-refractivity contribution in [3.05, 3.63) is 0 Å². The van der Waals surface area contributed by atoms with Crippen LogP contribution in [0.25, 0.3) is 0 Å². The minimum Gasteiger partial charge on any atom is -0.394 e. The van der Waals surface area contributed by atoms with Crippen molar-refractivity contribution < 1.29 is 32.9 Å². The maximum Gasteiger partial charge on any atom is 0.319 e. The molecule has 0 bridgehead atoms. The molecule has 21 heavy (non-hydrogen) atoms. The zero-order valence-corrected chi connectivity index (χ0v) is 13.7. The van der Waals surface area contributed by atoms with Gasteiger partial charge in [0.05, 0.1) is 37.6 Å². The smallest absolute Gasteiger partial charge is 0.319 e. The van der Waals surface area contributed by atoms with E-state index >= 15 is 0 Å². The highest BCUT2D eigenvalue weighted by molar-refractivity contribution is 7.33. The number of rotatable bonds is 7. The fourth-order valence-corrected chi connectivity index (χ4v) is 3.69. The van der Waals surface area contributed by atoms with Crippen LogP contribution in [0.4, 0.5) is 0 Å². The van der Waals surface area contributed by atoms with Gasteiger partial charge >= 0.3 is 8.25 Å². The van der Waals surface area contributed by atoms with Gasteiger partial charge in [0.25, 0.3) is 0 Å². The summed E-state index contributed by atoms with van der Waals surface area (Å²) >= 11 is 0. The van der Waals surface area contributed by atoms with Gasteiger partial charge in [-0.3, -0.25) is 4.57 Å². The maximum atomic E-state index is 11.9. The van der Waals surface area contributed by atoms with Gasteiger partial charge in [0, 0.05) is 20.0 Å². The lowest BCUT2D eigenvalue weighted by Gasteiger charge is -2.19. The Balaban J connectivity index is 1.75. The molecular formula is C13H25O7P. The fraction of sp³-hybridized carbons (Fsp3) is 1.00. The van der Waals surface area contributed by atoms with Crippen LogP contribution >= 0.6 is 8.25 Å². The van der Waals surface area contributed by atoms with Gasteiger partial charge < -0.3 is 28.4 Å². The summed E-state index contributed by atoms with van der Waals surface area (Å²) in [6.45, 7) is 3.88. The van der Waals surface area contributed by atoms with Gasteiger partial charge in [-0.25, -0.2) is 0 Å². The van der Waals surface area contributed by atoms with Gasteiger partial charge in [0.1, 0.15) is 12.2 Å². The van der Waals surface area contributed by atoms with Crippen LogP contribution in [0.1, 0.15) is 26.7 Å². The first-order valence-corrected chi connectivity index (χ1v) is 8.54. The van der Waals surface area contributed by atoms with Crippen molar-refractivity contribution in [2.24, 2.45) is 0 Å². The minimum atomic E-state index is -2.65. The zero-order valence-electron chi connectivity index (χ0n) is 12.7. The van der Waals surface area contributed by atoms with Crippen LogP contribution in [0.5, 0.6) is 0 Å². The van der Waals surface area contributed by atoms with Crippen LogP contribution in [0.2, 0.25) is 0 Å². The highest BCUT2D eigenvalue weighted by Gasteiger charge is 2.36. The molecule has 0 aliphatic carbocycles. The second kappa shape index (κ2) is 8.02. The molecule has 0 spiro atoms. The molecule has 0 saturated carbocycles. The van der Waals surface area contributed by atoms with E-state index in [0.29, 0.717) is 6.42 Å². The summed E-state index contributed by atoms with van der Waals surface area (Å²) in [5.74, 6) is 0. The maximum absolute atomic E-state index is 11.9. The molecule has 0 amide bonds. The topological polar surface area (TPSA) is 83.5 Å². The Bertz CT molecular complexity index is 353. The number of hydrogen-bond donors (Lipinski definition) is 1. The summed E-state index contributed by atoms with van der Waals surface area (Å²) in [4.78, 5) is 0. The lowest BCUT2D eigenvalue weighted by Crippen LogP contribution is -2.28. The first-order chi connectivity index (χ1) is 10.0. The first kappa shape index (κ1) is 17.3. The average molecular weight is 324 g/mol. The van der Waals surface area contributed by atoms with Gasteiger partial charge in [-0.1, -0.05) is 0 Å².